The van der Waals surface area contributed by atoms with Crippen LogP contribution in [0.2, 0.25) is 0 Å². The molecule has 0 aromatic heterocycles. The number of nitrogens with one attached hydrogen (secondary N) is 1. The molecular formula is C17H30N2O4. The standard InChI is InChI=1S/C17H30N2O4/c1-15(2)5-6-16(3,4)14(15)23-10-17(7-8-17)19-13(22)11(18)9-12(20)21/h11,14H,5-10,18H2,1-4H3,(H,19,22)(H,20,21). The average molecular weight is 326 g/mol. The van der Waals surface area contributed by atoms with E-state index in [1.54, 1.807) is 0 Å². The van der Waals surface area contributed by atoms with Gasteiger partial charge in [-0.05, 0) is 36.5 Å². The van der Waals surface area contributed by atoms with Gasteiger partial charge in [-0.3, -0.25) is 9.59 Å². The van der Waals surface area contributed by atoms with Crippen LogP contribution in [0.15, 0.2) is 0 Å². The van der Waals surface area contributed by atoms with Crippen molar-refractivity contribution in [2.45, 2.75) is 77.5 Å². The number of ether oxygens (including phenoxy) is 1. The maximum atomic E-state index is 12.0. The molecule has 0 spiro atoms. The zero-order valence-electron chi connectivity index (χ0n) is 14.6. The largest absolute Gasteiger partial charge is 0.481 e. The van der Waals surface area contributed by atoms with E-state index in [9.17, 15) is 9.59 Å². The van der Waals surface area contributed by atoms with Crippen LogP contribution in [0.4, 0.5) is 0 Å². The quantitative estimate of drug-likeness (QED) is 0.660. The fourth-order valence-corrected chi connectivity index (χ4v) is 3.75. The summed E-state index contributed by atoms with van der Waals surface area (Å²) < 4.78 is 6.25. The Morgan fingerprint density at radius 2 is 1.70 bits per heavy atom. The number of hydrogen-bond acceptors (Lipinski definition) is 4. The third-order valence-corrected chi connectivity index (χ3v) is 5.33. The van der Waals surface area contributed by atoms with Gasteiger partial charge in [0.15, 0.2) is 0 Å². The van der Waals surface area contributed by atoms with Crippen molar-refractivity contribution < 1.29 is 19.4 Å². The summed E-state index contributed by atoms with van der Waals surface area (Å²) in [6.45, 7) is 9.39. The highest BCUT2D eigenvalue weighted by molar-refractivity contribution is 5.86. The zero-order valence-corrected chi connectivity index (χ0v) is 14.6. The minimum absolute atomic E-state index is 0.128. The third kappa shape index (κ3) is 4.23. The van der Waals surface area contributed by atoms with Crippen LogP contribution in [0.25, 0.3) is 0 Å². The molecule has 0 aliphatic heterocycles. The van der Waals surface area contributed by atoms with E-state index < -0.39 is 17.9 Å². The maximum Gasteiger partial charge on any atom is 0.305 e. The lowest BCUT2D eigenvalue weighted by atomic mass is 9.81. The summed E-state index contributed by atoms with van der Waals surface area (Å²) in [5, 5.41) is 11.6. The molecule has 132 valence electrons. The molecule has 2 saturated carbocycles. The molecule has 2 aliphatic carbocycles. The van der Waals surface area contributed by atoms with Crippen LogP contribution in [0.5, 0.6) is 0 Å². The van der Waals surface area contributed by atoms with Crippen LogP contribution in [-0.2, 0) is 14.3 Å². The molecule has 4 N–H and O–H groups in total. The van der Waals surface area contributed by atoms with E-state index >= 15 is 0 Å². The Morgan fingerprint density at radius 3 is 2.13 bits per heavy atom. The highest BCUT2D eigenvalue weighted by atomic mass is 16.5. The third-order valence-electron chi connectivity index (χ3n) is 5.33. The number of carboxylic acids is 1. The molecule has 0 radical (unpaired) electrons. The van der Waals surface area contributed by atoms with E-state index in [0.29, 0.717) is 6.61 Å². The number of hydrogen-bond donors (Lipinski definition) is 3. The Balaban J connectivity index is 1.90. The second-order valence-electron chi connectivity index (χ2n) is 8.64. The van der Waals surface area contributed by atoms with Gasteiger partial charge in [-0.1, -0.05) is 27.7 Å². The monoisotopic (exact) mass is 326 g/mol. The lowest BCUT2D eigenvalue weighted by Crippen LogP contribution is -2.50. The molecule has 2 aliphatic rings. The first-order valence-corrected chi connectivity index (χ1v) is 8.39. The smallest absolute Gasteiger partial charge is 0.305 e. The van der Waals surface area contributed by atoms with E-state index in [1.807, 2.05) is 0 Å². The first kappa shape index (κ1) is 18.2. The highest BCUT2D eigenvalue weighted by Gasteiger charge is 2.51. The minimum Gasteiger partial charge on any atom is -0.481 e. The summed E-state index contributed by atoms with van der Waals surface area (Å²) in [6.07, 6.45) is 3.77. The summed E-state index contributed by atoms with van der Waals surface area (Å²) in [5.74, 6) is -1.47. The van der Waals surface area contributed by atoms with E-state index in [-0.39, 0.29) is 28.9 Å². The van der Waals surface area contributed by atoms with Crippen LogP contribution < -0.4 is 11.1 Å². The molecule has 0 saturated heterocycles. The van der Waals surface area contributed by atoms with Crippen molar-refractivity contribution >= 4 is 11.9 Å². The Kier molecular flexibility index (Phi) is 4.79. The molecule has 2 rings (SSSR count). The van der Waals surface area contributed by atoms with E-state index in [1.165, 1.54) is 0 Å². The number of rotatable bonds is 7. The van der Waals surface area contributed by atoms with Gasteiger partial charge in [0, 0.05) is 0 Å². The predicted octanol–water partition coefficient (Wildman–Crippen LogP) is 1.67. The molecule has 23 heavy (non-hydrogen) atoms. The number of nitrogens with two attached hydrogens (primary N) is 1. The molecule has 1 amide bonds. The van der Waals surface area contributed by atoms with Crippen molar-refractivity contribution in [3.63, 3.8) is 0 Å². The van der Waals surface area contributed by atoms with Gasteiger partial charge in [0.2, 0.25) is 5.91 Å². The molecule has 0 heterocycles. The van der Waals surface area contributed by atoms with Crippen molar-refractivity contribution in [2.24, 2.45) is 16.6 Å². The van der Waals surface area contributed by atoms with Gasteiger partial charge in [-0.2, -0.15) is 0 Å². The molecule has 0 bridgehead atoms. The van der Waals surface area contributed by atoms with Crippen LogP contribution in [0.3, 0.4) is 0 Å². The number of amides is 1. The van der Waals surface area contributed by atoms with Crippen molar-refractivity contribution in [1.29, 1.82) is 0 Å². The highest BCUT2D eigenvalue weighted by Crippen LogP contribution is 2.51. The summed E-state index contributed by atoms with van der Waals surface area (Å²) in [7, 11) is 0. The molecule has 6 heteroatoms. The van der Waals surface area contributed by atoms with Crippen LogP contribution in [-0.4, -0.2) is 41.3 Å². The Labute approximate surface area is 138 Å². The Bertz CT molecular complexity index is 467. The average Bonchev–Trinajstić information content (AvgIpc) is 3.11. The maximum absolute atomic E-state index is 12.0. The van der Waals surface area contributed by atoms with E-state index in [4.69, 9.17) is 15.6 Å². The van der Waals surface area contributed by atoms with Crippen molar-refractivity contribution in [1.82, 2.24) is 5.32 Å². The second-order valence-corrected chi connectivity index (χ2v) is 8.64. The Hall–Kier alpha value is -1.14. The lowest BCUT2D eigenvalue weighted by molar-refractivity contribution is -0.139. The van der Waals surface area contributed by atoms with E-state index in [2.05, 4.69) is 33.0 Å². The predicted molar refractivity (Wildman–Crippen MR) is 86.9 cm³/mol. The zero-order chi connectivity index (χ0) is 17.5. The molecule has 0 aromatic carbocycles. The van der Waals surface area contributed by atoms with Crippen molar-refractivity contribution in [3.05, 3.63) is 0 Å². The molecule has 2 fully saturated rings. The number of carboxylic acid groups (broad SMARTS) is 1. The topological polar surface area (TPSA) is 102 Å². The van der Waals surface area contributed by atoms with E-state index in [0.717, 1.165) is 25.7 Å². The number of carbonyl (C=O) groups is 2. The molecule has 6 nitrogen and oxygen atoms in total. The van der Waals surface area contributed by atoms with Crippen LogP contribution >= 0.6 is 0 Å². The molecule has 1 unspecified atom stereocenters. The summed E-state index contributed by atoms with van der Waals surface area (Å²) in [5.41, 5.74) is 5.52. The molecule has 0 aromatic rings. The summed E-state index contributed by atoms with van der Waals surface area (Å²) in [4.78, 5) is 22.7. The van der Waals surface area contributed by atoms with Crippen molar-refractivity contribution in [2.75, 3.05) is 6.61 Å². The van der Waals surface area contributed by atoms with Crippen LogP contribution in [0.1, 0.15) is 59.8 Å². The molecule has 1 atom stereocenters. The first-order chi connectivity index (χ1) is 10.5. The normalized spacial score (nSPS) is 25.8. The van der Waals surface area contributed by atoms with Crippen molar-refractivity contribution in [3.8, 4) is 0 Å². The summed E-state index contributed by atoms with van der Waals surface area (Å²) in [6, 6.07) is -1.01. The minimum atomic E-state index is -1.07. The van der Waals surface area contributed by atoms with Gasteiger partial charge in [0.1, 0.15) is 0 Å². The van der Waals surface area contributed by atoms with Gasteiger partial charge in [-0.25, -0.2) is 0 Å². The second kappa shape index (κ2) is 6.06. The fourth-order valence-electron chi connectivity index (χ4n) is 3.75. The SMILES string of the molecule is CC1(C)CCC(C)(C)C1OCC1(NC(=O)C(N)CC(=O)O)CC1. The van der Waals surface area contributed by atoms with Gasteiger partial charge in [0.05, 0.1) is 30.7 Å². The molecular weight excluding hydrogens is 296 g/mol. The van der Waals surface area contributed by atoms with Crippen LogP contribution in [0, 0.1) is 10.8 Å². The Morgan fingerprint density at radius 1 is 1.17 bits per heavy atom. The lowest BCUT2D eigenvalue weighted by Gasteiger charge is -2.36. The van der Waals surface area contributed by atoms with Gasteiger partial charge in [-0.15, -0.1) is 0 Å². The van der Waals surface area contributed by atoms with Gasteiger partial charge in [0.25, 0.3) is 0 Å². The summed E-state index contributed by atoms with van der Waals surface area (Å²) >= 11 is 0. The van der Waals surface area contributed by atoms with Gasteiger partial charge >= 0.3 is 5.97 Å². The first-order valence-electron chi connectivity index (χ1n) is 8.39. The number of aliphatic carboxylic acids is 1. The van der Waals surface area contributed by atoms with Gasteiger partial charge < -0.3 is 20.9 Å². The number of carbonyl (C=O) groups excluding carboxylic acids is 1. The fraction of sp³-hybridized carbons (Fsp3) is 0.882.